The van der Waals surface area contributed by atoms with E-state index in [0.717, 1.165) is 39.0 Å². The van der Waals surface area contributed by atoms with Gasteiger partial charge in [-0.05, 0) is 108 Å². The van der Waals surface area contributed by atoms with Crippen molar-refractivity contribution in [2.45, 2.75) is 107 Å². The van der Waals surface area contributed by atoms with Crippen LogP contribution in [0.3, 0.4) is 0 Å². The Morgan fingerprint density at radius 2 is 1.14 bits per heavy atom. The first-order valence-corrected chi connectivity index (χ1v) is 19.5. The van der Waals surface area contributed by atoms with Crippen molar-refractivity contribution in [2.24, 2.45) is 11.8 Å². The first-order chi connectivity index (χ1) is 27.3. The molecule has 0 aromatic carbocycles. The number of allylic oxidation sites excluding steroid dienone is 3. The third-order valence-electron chi connectivity index (χ3n) is 11.7. The van der Waals surface area contributed by atoms with E-state index in [4.69, 9.17) is 29.4 Å². The van der Waals surface area contributed by atoms with Gasteiger partial charge in [0.05, 0.1) is 48.8 Å². The smallest absolute Gasteiger partial charge is 0.657 e. The van der Waals surface area contributed by atoms with Crippen molar-refractivity contribution in [2.75, 3.05) is 14.2 Å². The van der Waals surface area contributed by atoms with Crippen LogP contribution in [0.2, 0.25) is 0 Å². The van der Waals surface area contributed by atoms with Crippen molar-refractivity contribution >= 4 is 79.9 Å². The third-order valence-corrected chi connectivity index (χ3v) is 11.7. The number of aromatic nitrogens is 4. The molecule has 0 saturated carbocycles. The van der Waals surface area contributed by atoms with E-state index < -0.39 is 29.6 Å². The summed E-state index contributed by atoms with van der Waals surface area (Å²) < 4.78 is 9.98. The zero-order valence-corrected chi connectivity index (χ0v) is 36.7. The number of hydrogen-bond donors (Lipinski definition) is 0. The minimum Gasteiger partial charge on any atom is -0.657 e. The van der Waals surface area contributed by atoms with Gasteiger partial charge >= 0.3 is 29.0 Å². The van der Waals surface area contributed by atoms with Gasteiger partial charge in [-0.15, -0.1) is 22.1 Å². The maximum Gasteiger partial charge on any atom is 2.00 e. The monoisotopic (exact) mass is 851 g/mol. The van der Waals surface area contributed by atoms with Crippen LogP contribution in [0.15, 0.2) is 18.2 Å². The number of ketones is 4. The van der Waals surface area contributed by atoms with E-state index in [0.29, 0.717) is 56.8 Å². The summed E-state index contributed by atoms with van der Waals surface area (Å²) >= 11 is 0. The molecule has 0 spiro atoms. The summed E-state index contributed by atoms with van der Waals surface area (Å²) in [6.07, 6.45) is 2.67. The van der Waals surface area contributed by atoms with E-state index >= 15 is 0 Å². The van der Waals surface area contributed by atoms with Gasteiger partial charge in [-0.2, -0.15) is 0 Å². The molecule has 1 radical (unpaired) electrons. The molecule has 2 atom stereocenters. The number of methoxy groups -OCH3 is 2. The number of ether oxygens (including phenoxy) is 2. The van der Waals surface area contributed by atoms with E-state index in [9.17, 15) is 28.8 Å². The summed E-state index contributed by atoms with van der Waals surface area (Å²) in [7, 11) is 2.67. The van der Waals surface area contributed by atoms with Crippen molar-refractivity contribution in [3.63, 3.8) is 0 Å². The Balaban J connectivity index is 0.00000769. The molecule has 3 aromatic rings. The quantitative estimate of drug-likeness (QED) is 0.0887. The van der Waals surface area contributed by atoms with Gasteiger partial charge in [0.25, 0.3) is 0 Å². The molecule has 12 nitrogen and oxygen atoms in total. The van der Waals surface area contributed by atoms with Gasteiger partial charge in [-0.1, -0.05) is 54.3 Å². The Morgan fingerprint density at radius 3 is 1.68 bits per heavy atom. The zero-order chi connectivity index (χ0) is 42.9. The van der Waals surface area contributed by atoms with E-state index in [-0.39, 0.29) is 65.4 Å². The number of aryl methyl sites for hydroxylation is 3. The predicted octanol–water partition coefficient (Wildman–Crippen LogP) is 7.53. The number of hydrogen-bond acceptors (Lipinski definition) is 10. The number of carbonyl (C=O) groups is 6. The summed E-state index contributed by atoms with van der Waals surface area (Å²) in [4.78, 5) is 97.6. The van der Waals surface area contributed by atoms with Crippen molar-refractivity contribution in [3.05, 3.63) is 68.8 Å². The van der Waals surface area contributed by atoms with Crippen LogP contribution >= 0.6 is 0 Å². The minimum absolute atomic E-state index is 0. The summed E-state index contributed by atoms with van der Waals surface area (Å²) in [5, 5.41) is 0. The topological polar surface area (TPSA) is 175 Å². The number of fused-ring (bicyclic) bond motifs is 8. The van der Waals surface area contributed by atoms with Crippen LogP contribution in [0.5, 0.6) is 0 Å². The number of esters is 2. The molecule has 0 aliphatic carbocycles. The number of nitrogens with zero attached hydrogens (tertiary/aromatic N) is 4. The van der Waals surface area contributed by atoms with Crippen LogP contribution in [0, 0.1) is 25.7 Å². The van der Waals surface area contributed by atoms with Gasteiger partial charge in [0, 0.05) is 12.8 Å². The summed E-state index contributed by atoms with van der Waals surface area (Å²) in [6, 6.07) is 5.57. The summed E-state index contributed by atoms with van der Waals surface area (Å²) in [5.41, 5.74) is 10.5. The van der Waals surface area contributed by atoms with Gasteiger partial charge < -0.3 is 19.4 Å². The minimum atomic E-state index is -0.987. The number of rotatable bonds is 14. The normalized spacial score (nSPS) is 13.5. The maximum absolute atomic E-state index is 13.1. The summed E-state index contributed by atoms with van der Waals surface area (Å²) in [5.74, 6) is -4.91. The molecule has 59 heavy (non-hydrogen) atoms. The molecule has 315 valence electrons. The molecule has 5 heterocycles. The summed E-state index contributed by atoms with van der Waals surface area (Å²) in [6.45, 7) is 17.0. The average molecular weight is 852 g/mol. The Bertz CT molecular complexity index is 2460. The molecular weight excluding hydrogens is 800 g/mol. The first-order valence-electron chi connectivity index (χ1n) is 19.5. The molecule has 2 aliphatic heterocycles. The Hall–Kier alpha value is -5.26. The SMILES string of the molecule is COC(=O)CCC1=C(C)c2cc3[n-]c(cc4nc(c(C(C)C(C(C)=O)C(C)=O)c5[n-]c(cc1n2)c(CCC(=O)OC)c5C)C=C4C)c(C(C)C(C(C)=O)C(C)=O)c3C.[Cu+2]. The van der Waals surface area contributed by atoms with Gasteiger partial charge in [-0.3, -0.25) is 28.8 Å². The predicted molar refractivity (Wildman–Crippen MR) is 223 cm³/mol. The molecule has 0 fully saturated rings. The Labute approximate surface area is 355 Å². The molecule has 0 amide bonds. The Morgan fingerprint density at radius 1 is 0.627 bits per heavy atom. The van der Waals surface area contributed by atoms with Crippen molar-refractivity contribution in [3.8, 4) is 0 Å². The second-order valence-electron chi connectivity index (χ2n) is 15.5. The molecule has 8 bridgehead atoms. The van der Waals surface area contributed by atoms with E-state index in [2.05, 4.69) is 0 Å². The standard InChI is InChI=1S/C46H52N4O8.Cu/c1-21-17-38-45(26(6)44(29(9)53)30(10)54)46-23(3)32(14-16-41(56)58-12)37(50-46)20-36-31(13-15-40(55)57-11)22(2)34(48-36)19-35-24(4)42(39(49-35)18-33(21)47-38)25(5)43(27(7)51)28(8)52;/h17-20,25-26,43-44H,13-16H2,1-12H3;/q-2;+2. The molecule has 3 aromatic heterocycles. The van der Waals surface area contributed by atoms with E-state index in [1.165, 1.54) is 41.9 Å². The van der Waals surface area contributed by atoms with Crippen molar-refractivity contribution in [1.29, 1.82) is 0 Å². The van der Waals surface area contributed by atoms with Crippen molar-refractivity contribution in [1.82, 2.24) is 19.9 Å². The average Bonchev–Trinajstić information content (AvgIpc) is 3.83. The van der Waals surface area contributed by atoms with E-state index in [1.54, 1.807) is 0 Å². The van der Waals surface area contributed by atoms with Crippen LogP contribution in [-0.4, -0.2) is 59.3 Å². The molecule has 2 unspecified atom stereocenters. The van der Waals surface area contributed by atoms with Crippen molar-refractivity contribution < 1.29 is 55.3 Å². The Kier molecular flexibility index (Phi) is 14.8. The maximum atomic E-state index is 13.1. The molecule has 0 N–H and O–H groups in total. The largest absolute Gasteiger partial charge is 2.00 e. The van der Waals surface area contributed by atoms with Gasteiger partial charge in [-0.25, -0.2) is 9.97 Å². The molecule has 13 heteroatoms. The van der Waals surface area contributed by atoms with Crippen LogP contribution in [0.4, 0.5) is 0 Å². The molecular formula is C46H52CuN4O8. The number of carbonyl (C=O) groups excluding carboxylic acids is 6. The van der Waals surface area contributed by atoms with Crippen LogP contribution < -0.4 is 9.97 Å². The second kappa shape index (κ2) is 18.8. The fourth-order valence-corrected chi connectivity index (χ4v) is 8.68. The number of Topliss-reactive ketones (excluding diaryl/α,β-unsaturated/α-hetero) is 4. The fourth-order valence-electron chi connectivity index (χ4n) is 8.68. The van der Waals surface area contributed by atoms with E-state index in [1.807, 2.05) is 65.8 Å². The molecule has 5 rings (SSSR count). The zero-order valence-electron chi connectivity index (χ0n) is 35.8. The fraction of sp³-hybridized carbons (Fsp3) is 0.435. The van der Waals surface area contributed by atoms with Crippen LogP contribution in [-0.2, 0) is 61.7 Å². The third kappa shape index (κ3) is 9.31. The first kappa shape index (κ1) is 46.4. The van der Waals surface area contributed by atoms with Crippen LogP contribution in [0.25, 0.3) is 44.9 Å². The molecule has 0 saturated heterocycles. The van der Waals surface area contributed by atoms with Gasteiger partial charge in [0.1, 0.15) is 23.1 Å². The van der Waals surface area contributed by atoms with Gasteiger partial charge in [0.2, 0.25) is 0 Å². The molecule has 2 aliphatic rings. The van der Waals surface area contributed by atoms with Gasteiger partial charge in [0.15, 0.2) is 0 Å². The van der Waals surface area contributed by atoms with Crippen LogP contribution in [0.1, 0.15) is 137 Å². The second-order valence-corrected chi connectivity index (χ2v) is 15.5.